The summed E-state index contributed by atoms with van der Waals surface area (Å²) >= 11 is 5.52. The van der Waals surface area contributed by atoms with E-state index in [-0.39, 0.29) is 0 Å². The third-order valence-electron chi connectivity index (χ3n) is 1.71. The van der Waals surface area contributed by atoms with E-state index >= 15 is 0 Å². The fourth-order valence-electron chi connectivity index (χ4n) is 0.965. The Morgan fingerprint density at radius 1 is 1.29 bits per heavy atom. The predicted molar refractivity (Wildman–Crippen MR) is 58.7 cm³/mol. The second-order valence-electron chi connectivity index (χ2n) is 2.83. The molecule has 0 spiro atoms. The number of aldehydes is 1. The summed E-state index contributed by atoms with van der Waals surface area (Å²) in [6.07, 6.45) is 2.56. The van der Waals surface area contributed by atoms with Gasteiger partial charge in [0, 0.05) is 23.4 Å². The highest BCUT2D eigenvalue weighted by molar-refractivity contribution is 6.17. The van der Waals surface area contributed by atoms with E-state index in [1.54, 1.807) is 12.1 Å². The molecule has 2 heteroatoms. The molecule has 1 rings (SSSR count). The van der Waals surface area contributed by atoms with Crippen molar-refractivity contribution in [3.8, 4) is 11.8 Å². The third kappa shape index (κ3) is 3.64. The van der Waals surface area contributed by atoms with Crippen LogP contribution in [-0.4, -0.2) is 12.2 Å². The Bertz CT molecular complexity index is 343. The van der Waals surface area contributed by atoms with Crippen LogP contribution >= 0.6 is 11.6 Å². The van der Waals surface area contributed by atoms with E-state index in [1.807, 2.05) is 12.1 Å². The Balaban J connectivity index is 2.57. The molecule has 0 saturated carbocycles. The zero-order valence-corrected chi connectivity index (χ0v) is 8.55. The van der Waals surface area contributed by atoms with E-state index in [4.69, 9.17) is 11.6 Å². The van der Waals surface area contributed by atoms with Crippen molar-refractivity contribution in [3.05, 3.63) is 35.4 Å². The van der Waals surface area contributed by atoms with Crippen molar-refractivity contribution >= 4 is 17.9 Å². The lowest BCUT2D eigenvalue weighted by Gasteiger charge is -1.90. The van der Waals surface area contributed by atoms with Gasteiger partial charge in [0.15, 0.2) is 0 Å². The highest BCUT2D eigenvalue weighted by Crippen LogP contribution is 2.00. The minimum Gasteiger partial charge on any atom is -0.298 e. The first-order chi connectivity index (χ1) is 6.86. The summed E-state index contributed by atoms with van der Waals surface area (Å²) in [5, 5.41) is 0. The summed E-state index contributed by atoms with van der Waals surface area (Å²) in [4.78, 5) is 10.4. The summed E-state index contributed by atoms with van der Waals surface area (Å²) < 4.78 is 0. The maximum absolute atomic E-state index is 10.4. The topological polar surface area (TPSA) is 17.1 Å². The van der Waals surface area contributed by atoms with Gasteiger partial charge in [-0.15, -0.1) is 11.6 Å². The van der Waals surface area contributed by atoms with Crippen LogP contribution in [0.4, 0.5) is 0 Å². The Morgan fingerprint density at radius 3 is 2.57 bits per heavy atom. The molecule has 0 saturated heterocycles. The van der Waals surface area contributed by atoms with E-state index < -0.39 is 0 Å². The Kier molecular flexibility index (Phi) is 4.82. The molecular formula is C12H11ClO. The zero-order chi connectivity index (χ0) is 10.2. The second kappa shape index (κ2) is 6.23. The molecule has 0 radical (unpaired) electrons. The van der Waals surface area contributed by atoms with Crippen LogP contribution in [0.3, 0.4) is 0 Å². The lowest BCUT2D eigenvalue weighted by molar-refractivity contribution is 0.112. The zero-order valence-electron chi connectivity index (χ0n) is 7.79. The molecule has 72 valence electrons. The second-order valence-corrected chi connectivity index (χ2v) is 3.21. The molecule has 0 unspecified atom stereocenters. The molecule has 0 aliphatic carbocycles. The highest BCUT2D eigenvalue weighted by Gasteiger charge is 1.88. The van der Waals surface area contributed by atoms with E-state index in [0.717, 1.165) is 24.7 Å². The number of alkyl halides is 1. The standard InChI is InChI=1S/C12H11ClO/c13-9-3-1-2-4-11-5-7-12(10-14)8-6-11/h5-8,10H,1,3,9H2. The molecule has 0 N–H and O–H groups in total. The monoisotopic (exact) mass is 206 g/mol. The Morgan fingerprint density at radius 2 is 2.00 bits per heavy atom. The number of hydrogen-bond acceptors (Lipinski definition) is 1. The van der Waals surface area contributed by atoms with Crippen LogP contribution in [0.2, 0.25) is 0 Å². The number of carbonyl (C=O) groups is 1. The fraction of sp³-hybridized carbons (Fsp3) is 0.250. The van der Waals surface area contributed by atoms with Crippen molar-refractivity contribution in [2.75, 3.05) is 5.88 Å². The summed E-state index contributed by atoms with van der Waals surface area (Å²) in [6, 6.07) is 7.21. The van der Waals surface area contributed by atoms with E-state index in [1.165, 1.54) is 0 Å². The van der Waals surface area contributed by atoms with Crippen LogP contribution in [0, 0.1) is 11.8 Å². The number of benzene rings is 1. The van der Waals surface area contributed by atoms with Gasteiger partial charge in [0.25, 0.3) is 0 Å². The molecule has 1 nitrogen and oxygen atoms in total. The molecule has 0 amide bonds. The van der Waals surface area contributed by atoms with Gasteiger partial charge >= 0.3 is 0 Å². The molecule has 0 atom stereocenters. The van der Waals surface area contributed by atoms with Crippen molar-refractivity contribution in [3.63, 3.8) is 0 Å². The number of rotatable bonds is 3. The van der Waals surface area contributed by atoms with Gasteiger partial charge in [-0.3, -0.25) is 4.79 Å². The fourth-order valence-corrected chi connectivity index (χ4v) is 1.10. The molecule has 0 bridgehead atoms. The van der Waals surface area contributed by atoms with Crippen LogP contribution in [0.5, 0.6) is 0 Å². The van der Waals surface area contributed by atoms with Crippen LogP contribution in [0.1, 0.15) is 28.8 Å². The minimum absolute atomic E-state index is 0.652. The third-order valence-corrected chi connectivity index (χ3v) is 1.98. The largest absolute Gasteiger partial charge is 0.298 e. The molecule has 0 heterocycles. The van der Waals surface area contributed by atoms with Gasteiger partial charge in [0.1, 0.15) is 6.29 Å². The maximum Gasteiger partial charge on any atom is 0.150 e. The van der Waals surface area contributed by atoms with Gasteiger partial charge in [-0.2, -0.15) is 0 Å². The number of hydrogen-bond donors (Lipinski definition) is 0. The van der Waals surface area contributed by atoms with Crippen molar-refractivity contribution < 1.29 is 4.79 Å². The average molecular weight is 207 g/mol. The van der Waals surface area contributed by atoms with Crippen LogP contribution < -0.4 is 0 Å². The molecule has 0 fully saturated rings. The first-order valence-corrected chi connectivity index (χ1v) is 5.00. The van der Waals surface area contributed by atoms with Gasteiger partial charge in [-0.1, -0.05) is 24.0 Å². The first kappa shape index (κ1) is 10.8. The summed E-state index contributed by atoms with van der Waals surface area (Å²) in [5.74, 6) is 6.68. The molecule has 0 aliphatic rings. The number of halogens is 1. The van der Waals surface area contributed by atoms with Crippen molar-refractivity contribution in [1.29, 1.82) is 0 Å². The van der Waals surface area contributed by atoms with Crippen molar-refractivity contribution in [1.82, 2.24) is 0 Å². The van der Waals surface area contributed by atoms with Crippen molar-refractivity contribution in [2.45, 2.75) is 12.8 Å². The van der Waals surface area contributed by atoms with Crippen LogP contribution in [0.25, 0.3) is 0 Å². The summed E-state index contributed by atoms with van der Waals surface area (Å²) in [6.45, 7) is 0. The molecule has 0 aliphatic heterocycles. The van der Waals surface area contributed by atoms with Crippen LogP contribution in [-0.2, 0) is 0 Å². The first-order valence-electron chi connectivity index (χ1n) is 4.47. The Hall–Kier alpha value is -1.26. The molecule has 1 aromatic rings. The number of unbranched alkanes of at least 4 members (excludes halogenated alkanes) is 1. The van der Waals surface area contributed by atoms with Gasteiger partial charge in [-0.05, 0) is 18.6 Å². The minimum atomic E-state index is 0.652. The maximum atomic E-state index is 10.4. The Labute approximate surface area is 89.1 Å². The van der Waals surface area contributed by atoms with Gasteiger partial charge in [0.2, 0.25) is 0 Å². The van der Waals surface area contributed by atoms with Gasteiger partial charge in [0.05, 0.1) is 0 Å². The highest BCUT2D eigenvalue weighted by atomic mass is 35.5. The summed E-state index contributed by atoms with van der Waals surface area (Å²) in [7, 11) is 0. The van der Waals surface area contributed by atoms with Crippen LogP contribution in [0.15, 0.2) is 24.3 Å². The molecule has 1 aromatic carbocycles. The van der Waals surface area contributed by atoms with E-state index in [2.05, 4.69) is 11.8 Å². The SMILES string of the molecule is O=Cc1ccc(C#CCCCCl)cc1. The predicted octanol–water partition coefficient (Wildman–Crippen LogP) is 2.87. The summed E-state index contributed by atoms with van der Waals surface area (Å²) in [5.41, 5.74) is 1.61. The molecule has 14 heavy (non-hydrogen) atoms. The van der Waals surface area contributed by atoms with E-state index in [9.17, 15) is 4.79 Å². The normalized spacial score (nSPS) is 8.93. The van der Waals surface area contributed by atoms with Gasteiger partial charge < -0.3 is 0 Å². The lowest BCUT2D eigenvalue weighted by atomic mass is 10.1. The van der Waals surface area contributed by atoms with E-state index in [0.29, 0.717) is 11.4 Å². The molecule has 0 aromatic heterocycles. The smallest absolute Gasteiger partial charge is 0.150 e. The van der Waals surface area contributed by atoms with Crippen molar-refractivity contribution in [2.24, 2.45) is 0 Å². The average Bonchev–Trinajstić information content (AvgIpc) is 2.25. The quantitative estimate of drug-likeness (QED) is 0.322. The lowest BCUT2D eigenvalue weighted by Crippen LogP contribution is -1.79. The van der Waals surface area contributed by atoms with Gasteiger partial charge in [-0.25, -0.2) is 0 Å². The molecular weight excluding hydrogens is 196 g/mol. The number of carbonyl (C=O) groups excluding carboxylic acids is 1.